The van der Waals surface area contributed by atoms with Crippen molar-refractivity contribution in [2.45, 2.75) is 26.8 Å². The standard InChI is InChI=1S/C13H19N7O/c1-3-6-21-13-18-11(17-12(19-13)20-14)16-8-10-5-4-9(2)15-7-10/h4-5,7H,3,6,8,14H2,1-2H3,(H2,16,17,18,19,20). The number of aromatic nitrogens is 4. The van der Waals surface area contributed by atoms with Crippen LogP contribution >= 0.6 is 0 Å². The van der Waals surface area contributed by atoms with Gasteiger partial charge in [-0.15, -0.1) is 0 Å². The quantitative estimate of drug-likeness (QED) is 0.516. The number of hydrazine groups is 1. The van der Waals surface area contributed by atoms with E-state index in [4.69, 9.17) is 10.6 Å². The normalized spacial score (nSPS) is 10.2. The van der Waals surface area contributed by atoms with Crippen LogP contribution in [-0.4, -0.2) is 26.5 Å². The van der Waals surface area contributed by atoms with Gasteiger partial charge in [0.05, 0.1) is 6.61 Å². The van der Waals surface area contributed by atoms with Crippen LogP contribution in [0, 0.1) is 6.92 Å². The second-order valence-corrected chi connectivity index (χ2v) is 4.42. The zero-order valence-corrected chi connectivity index (χ0v) is 12.1. The van der Waals surface area contributed by atoms with Gasteiger partial charge in [-0.25, -0.2) is 5.84 Å². The Kier molecular flexibility index (Phi) is 5.22. The van der Waals surface area contributed by atoms with Gasteiger partial charge in [-0.2, -0.15) is 15.0 Å². The summed E-state index contributed by atoms with van der Waals surface area (Å²) in [6.07, 6.45) is 2.68. The summed E-state index contributed by atoms with van der Waals surface area (Å²) < 4.78 is 5.40. The highest BCUT2D eigenvalue weighted by atomic mass is 16.5. The van der Waals surface area contributed by atoms with Crippen LogP contribution in [0.15, 0.2) is 18.3 Å². The first-order valence-corrected chi connectivity index (χ1v) is 6.72. The average molecular weight is 289 g/mol. The van der Waals surface area contributed by atoms with Crippen molar-refractivity contribution >= 4 is 11.9 Å². The number of ether oxygens (including phenoxy) is 1. The van der Waals surface area contributed by atoms with E-state index in [1.54, 1.807) is 6.20 Å². The lowest BCUT2D eigenvalue weighted by Crippen LogP contribution is -2.14. The van der Waals surface area contributed by atoms with E-state index in [0.717, 1.165) is 17.7 Å². The van der Waals surface area contributed by atoms with Crippen molar-refractivity contribution in [2.24, 2.45) is 5.84 Å². The van der Waals surface area contributed by atoms with Gasteiger partial charge in [0.2, 0.25) is 11.9 Å². The maximum atomic E-state index is 5.40. The van der Waals surface area contributed by atoms with Gasteiger partial charge in [-0.05, 0) is 25.0 Å². The minimum atomic E-state index is 0.240. The number of hydrogen-bond donors (Lipinski definition) is 3. The zero-order chi connectivity index (χ0) is 15.1. The molecule has 4 N–H and O–H groups in total. The third kappa shape index (κ3) is 4.53. The molecule has 0 saturated carbocycles. The monoisotopic (exact) mass is 289 g/mol. The highest BCUT2D eigenvalue weighted by molar-refractivity contribution is 5.35. The third-order valence-electron chi connectivity index (χ3n) is 2.60. The molecular weight excluding hydrogens is 270 g/mol. The van der Waals surface area contributed by atoms with Crippen molar-refractivity contribution < 1.29 is 4.74 Å². The molecule has 112 valence electrons. The molecule has 0 bridgehead atoms. The molecule has 0 spiro atoms. The van der Waals surface area contributed by atoms with E-state index in [1.165, 1.54) is 0 Å². The Balaban J connectivity index is 2.05. The molecule has 0 fully saturated rings. The van der Waals surface area contributed by atoms with Gasteiger partial charge in [0.25, 0.3) is 0 Å². The molecule has 0 aromatic carbocycles. The van der Waals surface area contributed by atoms with Gasteiger partial charge in [-0.3, -0.25) is 10.4 Å². The van der Waals surface area contributed by atoms with Crippen molar-refractivity contribution in [3.8, 4) is 6.01 Å². The lowest BCUT2D eigenvalue weighted by atomic mass is 10.2. The molecule has 2 heterocycles. The first-order chi connectivity index (χ1) is 10.2. The van der Waals surface area contributed by atoms with Crippen LogP contribution in [0.4, 0.5) is 11.9 Å². The van der Waals surface area contributed by atoms with Crippen LogP contribution in [-0.2, 0) is 6.54 Å². The Morgan fingerprint density at radius 3 is 2.67 bits per heavy atom. The zero-order valence-electron chi connectivity index (χ0n) is 12.1. The van der Waals surface area contributed by atoms with Gasteiger partial charge in [0, 0.05) is 18.4 Å². The molecule has 2 aromatic heterocycles. The highest BCUT2D eigenvalue weighted by Gasteiger charge is 2.06. The SMILES string of the molecule is CCCOc1nc(NN)nc(NCc2ccc(C)nc2)n1. The number of pyridine rings is 1. The van der Waals surface area contributed by atoms with Crippen LogP contribution in [0.25, 0.3) is 0 Å². The van der Waals surface area contributed by atoms with E-state index >= 15 is 0 Å². The fourth-order valence-electron chi connectivity index (χ4n) is 1.54. The van der Waals surface area contributed by atoms with Crippen LogP contribution in [0.1, 0.15) is 24.6 Å². The third-order valence-corrected chi connectivity index (χ3v) is 2.60. The molecule has 0 aliphatic rings. The summed E-state index contributed by atoms with van der Waals surface area (Å²) in [5.74, 6) is 5.99. The number of nitrogen functional groups attached to an aromatic ring is 1. The number of anilines is 2. The second-order valence-electron chi connectivity index (χ2n) is 4.42. The number of nitrogens with zero attached hydrogens (tertiary/aromatic N) is 4. The molecule has 0 aliphatic heterocycles. The maximum Gasteiger partial charge on any atom is 0.323 e. The summed E-state index contributed by atoms with van der Waals surface area (Å²) in [6.45, 7) is 5.04. The summed E-state index contributed by atoms with van der Waals surface area (Å²) in [5, 5.41) is 3.09. The van der Waals surface area contributed by atoms with E-state index in [9.17, 15) is 0 Å². The second kappa shape index (κ2) is 7.34. The molecule has 0 saturated heterocycles. The van der Waals surface area contributed by atoms with E-state index in [2.05, 4.69) is 30.7 Å². The summed E-state index contributed by atoms with van der Waals surface area (Å²) in [6, 6.07) is 4.18. The summed E-state index contributed by atoms with van der Waals surface area (Å²) in [4.78, 5) is 16.6. The lowest BCUT2D eigenvalue weighted by molar-refractivity contribution is 0.292. The Hall–Kier alpha value is -2.48. The molecule has 8 nitrogen and oxygen atoms in total. The number of nitrogens with one attached hydrogen (secondary N) is 2. The molecule has 0 amide bonds. The predicted molar refractivity (Wildman–Crippen MR) is 79.7 cm³/mol. The minimum Gasteiger partial charge on any atom is -0.463 e. The number of rotatable bonds is 7. The molecule has 21 heavy (non-hydrogen) atoms. The molecule has 0 aliphatic carbocycles. The largest absolute Gasteiger partial charge is 0.463 e. The number of aryl methyl sites for hydroxylation is 1. The van der Waals surface area contributed by atoms with Gasteiger partial charge in [0.1, 0.15) is 0 Å². The Bertz CT molecular complexity index is 573. The Morgan fingerprint density at radius 1 is 1.19 bits per heavy atom. The van der Waals surface area contributed by atoms with Crippen molar-refractivity contribution in [1.29, 1.82) is 0 Å². The summed E-state index contributed by atoms with van der Waals surface area (Å²) in [5.41, 5.74) is 4.40. The minimum absolute atomic E-state index is 0.240. The molecule has 8 heteroatoms. The molecule has 2 rings (SSSR count). The lowest BCUT2D eigenvalue weighted by Gasteiger charge is -2.09. The van der Waals surface area contributed by atoms with Gasteiger partial charge < -0.3 is 10.1 Å². The first-order valence-electron chi connectivity index (χ1n) is 6.72. The van der Waals surface area contributed by atoms with Crippen molar-refractivity contribution in [3.05, 3.63) is 29.6 Å². The van der Waals surface area contributed by atoms with Crippen molar-refractivity contribution in [1.82, 2.24) is 19.9 Å². The van der Waals surface area contributed by atoms with Gasteiger partial charge in [0.15, 0.2) is 0 Å². The maximum absolute atomic E-state index is 5.40. The summed E-state index contributed by atoms with van der Waals surface area (Å²) in [7, 11) is 0. The smallest absolute Gasteiger partial charge is 0.323 e. The highest BCUT2D eigenvalue weighted by Crippen LogP contribution is 2.11. The molecular formula is C13H19N7O. The van der Waals surface area contributed by atoms with Crippen LogP contribution < -0.4 is 21.3 Å². The van der Waals surface area contributed by atoms with E-state index in [0.29, 0.717) is 19.1 Å². The van der Waals surface area contributed by atoms with Gasteiger partial charge in [-0.1, -0.05) is 13.0 Å². The molecule has 2 aromatic rings. The average Bonchev–Trinajstić information content (AvgIpc) is 2.52. The van der Waals surface area contributed by atoms with E-state index in [-0.39, 0.29) is 12.0 Å². The Labute approximate surface area is 123 Å². The topological polar surface area (TPSA) is 111 Å². The fourth-order valence-corrected chi connectivity index (χ4v) is 1.54. The summed E-state index contributed by atoms with van der Waals surface area (Å²) >= 11 is 0. The van der Waals surface area contributed by atoms with Crippen LogP contribution in [0.3, 0.4) is 0 Å². The van der Waals surface area contributed by atoms with Crippen LogP contribution in [0.2, 0.25) is 0 Å². The molecule has 0 atom stereocenters. The predicted octanol–water partition coefficient (Wildman–Crippen LogP) is 1.26. The van der Waals surface area contributed by atoms with Gasteiger partial charge >= 0.3 is 6.01 Å². The van der Waals surface area contributed by atoms with E-state index in [1.807, 2.05) is 26.0 Å². The first kappa shape index (κ1) is 14.9. The van der Waals surface area contributed by atoms with E-state index < -0.39 is 0 Å². The fraction of sp³-hybridized carbons (Fsp3) is 0.385. The number of hydrogen-bond acceptors (Lipinski definition) is 8. The number of nitrogens with two attached hydrogens (primary N) is 1. The van der Waals surface area contributed by atoms with Crippen molar-refractivity contribution in [2.75, 3.05) is 17.3 Å². The Morgan fingerprint density at radius 2 is 2.00 bits per heavy atom. The van der Waals surface area contributed by atoms with Crippen LogP contribution in [0.5, 0.6) is 6.01 Å². The molecule has 0 unspecified atom stereocenters. The molecule has 0 radical (unpaired) electrons. The van der Waals surface area contributed by atoms with Crippen molar-refractivity contribution in [3.63, 3.8) is 0 Å².